The number of likely N-dealkylation sites (N-methyl/N-ethyl adjacent to an activating group) is 1. The highest BCUT2D eigenvalue weighted by molar-refractivity contribution is 5.75. The summed E-state index contributed by atoms with van der Waals surface area (Å²) in [7, 11) is 3.33. The Kier molecular flexibility index (Phi) is 4.00. The van der Waals surface area contributed by atoms with E-state index in [1.165, 1.54) is 0 Å². The molecule has 54 valence electrons. The molecular formula is C5H12N2O2. The first kappa shape index (κ1) is 8.39. The van der Waals surface area contributed by atoms with Crippen molar-refractivity contribution in [1.29, 1.82) is 0 Å². The summed E-state index contributed by atoms with van der Waals surface area (Å²) in [6.45, 7) is 0.677. The summed E-state index contributed by atoms with van der Waals surface area (Å²) in [5, 5.41) is 0. The maximum Gasteiger partial charge on any atom is 0.231 e. The van der Waals surface area contributed by atoms with Crippen molar-refractivity contribution in [2.24, 2.45) is 5.73 Å². The topological polar surface area (TPSA) is 55.6 Å². The Hall–Kier alpha value is -0.610. The minimum Gasteiger partial charge on any atom is -0.369 e. The maximum atomic E-state index is 10.2. The highest BCUT2D eigenvalue weighted by atomic mass is 16.5. The quantitative estimate of drug-likeness (QED) is 0.499. The predicted octanol–water partition coefficient (Wildman–Crippen LogP) is -0.993. The van der Waals surface area contributed by atoms with Crippen molar-refractivity contribution in [2.75, 3.05) is 27.4 Å². The highest BCUT2D eigenvalue weighted by Crippen LogP contribution is 1.78. The van der Waals surface area contributed by atoms with Crippen LogP contribution in [0.3, 0.4) is 0 Å². The van der Waals surface area contributed by atoms with E-state index < -0.39 is 0 Å². The van der Waals surface area contributed by atoms with Gasteiger partial charge in [-0.05, 0) is 7.05 Å². The Balaban J connectivity index is 3.26. The molecule has 0 fully saturated rings. The molecule has 0 aliphatic carbocycles. The fourth-order valence-corrected chi connectivity index (χ4v) is 0.532. The van der Waals surface area contributed by atoms with E-state index in [2.05, 4.69) is 0 Å². The average molecular weight is 132 g/mol. The molecule has 0 aromatic carbocycles. The Morgan fingerprint density at radius 1 is 1.78 bits per heavy atom. The molecule has 2 N–H and O–H groups in total. The number of amides is 1. The molecule has 4 nitrogen and oxygen atoms in total. The zero-order valence-electron chi connectivity index (χ0n) is 5.76. The molecule has 0 spiro atoms. The number of methoxy groups -OCH3 is 1. The van der Waals surface area contributed by atoms with Crippen LogP contribution in [0.4, 0.5) is 0 Å². The lowest BCUT2D eigenvalue weighted by Gasteiger charge is -2.11. The lowest BCUT2D eigenvalue weighted by Crippen LogP contribution is -2.31. The molecule has 0 aromatic rings. The van der Waals surface area contributed by atoms with Crippen molar-refractivity contribution in [3.63, 3.8) is 0 Å². The number of rotatable bonds is 4. The molecule has 0 unspecified atom stereocenters. The van der Waals surface area contributed by atoms with Gasteiger partial charge in [0, 0.05) is 7.11 Å². The van der Waals surface area contributed by atoms with Crippen molar-refractivity contribution in [3.05, 3.63) is 0 Å². The van der Waals surface area contributed by atoms with Crippen molar-refractivity contribution < 1.29 is 9.53 Å². The third-order valence-electron chi connectivity index (χ3n) is 0.775. The fourth-order valence-electron chi connectivity index (χ4n) is 0.532. The van der Waals surface area contributed by atoms with Gasteiger partial charge in [0.05, 0.1) is 13.3 Å². The summed E-state index contributed by atoms with van der Waals surface area (Å²) < 4.78 is 4.72. The molecule has 9 heavy (non-hydrogen) atoms. The first-order valence-electron chi connectivity index (χ1n) is 2.62. The van der Waals surface area contributed by atoms with E-state index in [0.717, 1.165) is 0 Å². The molecule has 4 heteroatoms. The normalized spacial score (nSPS) is 10.1. The van der Waals surface area contributed by atoms with E-state index in [9.17, 15) is 4.79 Å². The van der Waals surface area contributed by atoms with Gasteiger partial charge in [-0.3, -0.25) is 9.69 Å². The zero-order chi connectivity index (χ0) is 7.28. The molecular weight excluding hydrogens is 120 g/mol. The lowest BCUT2D eigenvalue weighted by molar-refractivity contribution is -0.119. The molecule has 0 heterocycles. The van der Waals surface area contributed by atoms with Crippen LogP contribution in [-0.4, -0.2) is 38.2 Å². The van der Waals surface area contributed by atoms with Gasteiger partial charge >= 0.3 is 0 Å². The monoisotopic (exact) mass is 132 g/mol. The number of ether oxygens (including phenoxy) is 1. The van der Waals surface area contributed by atoms with Crippen molar-refractivity contribution in [3.8, 4) is 0 Å². The minimum absolute atomic E-state index is 0.244. The largest absolute Gasteiger partial charge is 0.369 e. The molecule has 0 aliphatic rings. The molecule has 0 aliphatic heterocycles. The van der Waals surface area contributed by atoms with Gasteiger partial charge < -0.3 is 10.5 Å². The standard InChI is InChI=1S/C5H12N2O2/c1-7(4-9-2)3-5(6)8/h3-4H2,1-2H3,(H2,6,8). The number of primary amides is 1. The number of hydrogen-bond donors (Lipinski definition) is 1. The van der Waals surface area contributed by atoms with E-state index in [-0.39, 0.29) is 12.5 Å². The second-order valence-corrected chi connectivity index (χ2v) is 1.90. The van der Waals surface area contributed by atoms with Gasteiger partial charge in [0.25, 0.3) is 0 Å². The molecule has 0 rings (SSSR count). The first-order chi connectivity index (χ1) is 4.16. The number of carbonyl (C=O) groups is 1. The molecule has 1 amide bonds. The molecule has 0 saturated heterocycles. The van der Waals surface area contributed by atoms with Crippen molar-refractivity contribution in [2.45, 2.75) is 0 Å². The van der Waals surface area contributed by atoms with Crippen LogP contribution in [0.25, 0.3) is 0 Å². The van der Waals surface area contributed by atoms with Gasteiger partial charge in [-0.15, -0.1) is 0 Å². The first-order valence-corrected chi connectivity index (χ1v) is 2.62. The zero-order valence-corrected chi connectivity index (χ0v) is 5.76. The summed E-state index contributed by atoms with van der Waals surface area (Å²) in [6, 6.07) is 0. The number of carbonyl (C=O) groups excluding carboxylic acids is 1. The van der Waals surface area contributed by atoms with Gasteiger partial charge in [0.1, 0.15) is 0 Å². The third kappa shape index (κ3) is 5.26. The van der Waals surface area contributed by atoms with E-state index in [1.807, 2.05) is 0 Å². The van der Waals surface area contributed by atoms with Crippen molar-refractivity contribution in [1.82, 2.24) is 4.90 Å². The average Bonchev–Trinajstić information content (AvgIpc) is 1.63. The van der Waals surface area contributed by atoms with Gasteiger partial charge in [0.15, 0.2) is 0 Å². The van der Waals surface area contributed by atoms with E-state index in [0.29, 0.717) is 6.73 Å². The summed E-state index contributed by atoms with van der Waals surface area (Å²) in [6.07, 6.45) is 0. The van der Waals surface area contributed by atoms with Crippen LogP contribution >= 0.6 is 0 Å². The predicted molar refractivity (Wildman–Crippen MR) is 33.7 cm³/mol. The smallest absolute Gasteiger partial charge is 0.231 e. The van der Waals surface area contributed by atoms with Gasteiger partial charge in [-0.1, -0.05) is 0 Å². The summed E-state index contributed by atoms with van der Waals surface area (Å²) in [4.78, 5) is 11.9. The molecule has 0 saturated carbocycles. The van der Waals surface area contributed by atoms with Crippen molar-refractivity contribution >= 4 is 5.91 Å². The lowest BCUT2D eigenvalue weighted by atomic mass is 10.6. The third-order valence-corrected chi connectivity index (χ3v) is 0.775. The van der Waals surface area contributed by atoms with E-state index in [1.54, 1.807) is 19.1 Å². The Labute approximate surface area is 54.6 Å². The van der Waals surface area contributed by atoms with Gasteiger partial charge in [-0.2, -0.15) is 0 Å². The number of hydrogen-bond acceptors (Lipinski definition) is 3. The molecule has 0 radical (unpaired) electrons. The molecule has 0 bridgehead atoms. The van der Waals surface area contributed by atoms with Crippen LogP contribution in [0.1, 0.15) is 0 Å². The molecule has 0 atom stereocenters. The van der Waals surface area contributed by atoms with Crippen LogP contribution in [0, 0.1) is 0 Å². The maximum absolute atomic E-state index is 10.2. The Morgan fingerprint density at radius 3 is 2.67 bits per heavy atom. The van der Waals surface area contributed by atoms with Crippen LogP contribution in [-0.2, 0) is 9.53 Å². The fraction of sp³-hybridized carbons (Fsp3) is 0.800. The van der Waals surface area contributed by atoms with Gasteiger partial charge in [0.2, 0.25) is 5.91 Å². The van der Waals surface area contributed by atoms with Crippen LogP contribution in [0.15, 0.2) is 0 Å². The Morgan fingerprint density at radius 2 is 2.33 bits per heavy atom. The number of nitrogens with zero attached hydrogens (tertiary/aromatic N) is 1. The second kappa shape index (κ2) is 4.29. The van der Waals surface area contributed by atoms with E-state index >= 15 is 0 Å². The highest BCUT2D eigenvalue weighted by Gasteiger charge is 1.99. The van der Waals surface area contributed by atoms with Gasteiger partial charge in [-0.25, -0.2) is 0 Å². The van der Waals surface area contributed by atoms with Crippen LogP contribution < -0.4 is 5.73 Å². The SMILES string of the molecule is COCN(C)CC(N)=O. The van der Waals surface area contributed by atoms with Crippen LogP contribution in [0.2, 0.25) is 0 Å². The summed E-state index contributed by atoms with van der Waals surface area (Å²) >= 11 is 0. The molecule has 0 aromatic heterocycles. The van der Waals surface area contributed by atoms with Crippen LogP contribution in [0.5, 0.6) is 0 Å². The summed E-state index contributed by atoms with van der Waals surface area (Å²) in [5.74, 6) is -0.338. The second-order valence-electron chi connectivity index (χ2n) is 1.90. The summed E-state index contributed by atoms with van der Waals surface area (Å²) in [5.41, 5.74) is 4.89. The minimum atomic E-state index is -0.338. The van der Waals surface area contributed by atoms with E-state index in [4.69, 9.17) is 10.5 Å². The Bertz CT molecular complexity index is 95.0. The number of nitrogens with two attached hydrogens (primary N) is 1.